The summed E-state index contributed by atoms with van der Waals surface area (Å²) < 4.78 is 5.57. The zero-order chi connectivity index (χ0) is 17.6. The Kier molecular flexibility index (Phi) is 5.95. The smallest absolute Gasteiger partial charge is 0.258 e. The fraction of sp³-hybridized carbons (Fsp3) is 0.600. The molecule has 25 heavy (non-hydrogen) atoms. The Morgan fingerprint density at radius 2 is 1.76 bits per heavy atom. The van der Waals surface area contributed by atoms with E-state index in [1.807, 2.05) is 4.90 Å². The summed E-state index contributed by atoms with van der Waals surface area (Å²) in [6.45, 7) is 3.90. The summed E-state index contributed by atoms with van der Waals surface area (Å²) in [6.07, 6.45) is 6.84. The highest BCUT2D eigenvalue weighted by atomic mass is 16.5. The van der Waals surface area contributed by atoms with Crippen molar-refractivity contribution in [1.29, 1.82) is 0 Å². The number of benzene rings is 1. The van der Waals surface area contributed by atoms with Gasteiger partial charge in [0.2, 0.25) is 0 Å². The second-order valence-corrected chi connectivity index (χ2v) is 7.25. The van der Waals surface area contributed by atoms with E-state index in [9.17, 15) is 9.59 Å². The van der Waals surface area contributed by atoms with Gasteiger partial charge in [0.05, 0.1) is 0 Å². The third-order valence-corrected chi connectivity index (χ3v) is 5.32. The molecule has 2 amide bonds. The molecule has 0 bridgehead atoms. The van der Waals surface area contributed by atoms with Crippen LogP contribution in [0.25, 0.3) is 0 Å². The maximum Gasteiger partial charge on any atom is 0.258 e. The van der Waals surface area contributed by atoms with Crippen LogP contribution < -0.4 is 10.1 Å². The maximum absolute atomic E-state index is 12.3. The number of ether oxygens (including phenoxy) is 1. The fourth-order valence-corrected chi connectivity index (χ4v) is 3.72. The van der Waals surface area contributed by atoms with Crippen molar-refractivity contribution in [2.75, 3.05) is 19.7 Å². The number of likely N-dealkylation sites (tertiary alicyclic amines) is 1. The molecule has 2 atom stereocenters. The molecule has 1 saturated heterocycles. The van der Waals surface area contributed by atoms with Crippen LogP contribution in [-0.2, 0) is 4.79 Å². The molecule has 1 aromatic rings. The highest BCUT2D eigenvalue weighted by Gasteiger charge is 2.23. The molecule has 1 aromatic carbocycles. The van der Waals surface area contributed by atoms with Gasteiger partial charge in [0, 0.05) is 24.7 Å². The van der Waals surface area contributed by atoms with E-state index in [0.717, 1.165) is 32.4 Å². The van der Waals surface area contributed by atoms with Gasteiger partial charge in [0.15, 0.2) is 6.61 Å². The van der Waals surface area contributed by atoms with Crippen LogP contribution in [0.1, 0.15) is 55.8 Å². The van der Waals surface area contributed by atoms with Gasteiger partial charge in [0.1, 0.15) is 5.75 Å². The van der Waals surface area contributed by atoms with Crippen LogP contribution in [0.4, 0.5) is 0 Å². The highest BCUT2D eigenvalue weighted by molar-refractivity contribution is 5.94. The van der Waals surface area contributed by atoms with Crippen LogP contribution in [0.15, 0.2) is 24.3 Å². The Labute approximate surface area is 149 Å². The predicted octanol–water partition coefficient (Wildman–Crippen LogP) is 3.00. The Morgan fingerprint density at radius 3 is 2.44 bits per heavy atom. The molecule has 0 spiro atoms. The van der Waals surface area contributed by atoms with Gasteiger partial charge in [-0.25, -0.2) is 0 Å². The van der Waals surface area contributed by atoms with Crippen molar-refractivity contribution >= 4 is 11.8 Å². The second-order valence-electron chi connectivity index (χ2n) is 7.25. The molecule has 2 fully saturated rings. The third kappa shape index (κ3) is 4.74. The number of nitrogens with one attached hydrogen (secondary N) is 1. The molecule has 0 radical (unpaired) electrons. The van der Waals surface area contributed by atoms with Crippen LogP contribution in [0, 0.1) is 5.92 Å². The molecule has 136 valence electrons. The molecule has 1 aliphatic heterocycles. The molecule has 1 N–H and O–H groups in total. The molecule has 5 heteroatoms. The first kappa shape index (κ1) is 17.8. The molecule has 3 rings (SSSR count). The van der Waals surface area contributed by atoms with Crippen molar-refractivity contribution < 1.29 is 14.3 Å². The monoisotopic (exact) mass is 344 g/mol. The molecule has 0 aromatic heterocycles. The third-order valence-electron chi connectivity index (χ3n) is 5.32. The molecular formula is C20H28N2O3. The lowest BCUT2D eigenvalue weighted by Crippen LogP contribution is -2.43. The summed E-state index contributed by atoms with van der Waals surface area (Å²) in [5.74, 6) is 1.16. The van der Waals surface area contributed by atoms with E-state index in [1.165, 1.54) is 19.3 Å². The zero-order valence-electron chi connectivity index (χ0n) is 15.0. The fourth-order valence-electron chi connectivity index (χ4n) is 3.72. The van der Waals surface area contributed by atoms with Crippen molar-refractivity contribution in [1.82, 2.24) is 10.2 Å². The second kappa shape index (κ2) is 8.37. The quantitative estimate of drug-likeness (QED) is 0.893. The minimum absolute atomic E-state index is 0.0165. The van der Waals surface area contributed by atoms with Gasteiger partial charge in [-0.05, 0) is 55.9 Å². The molecular weight excluding hydrogens is 316 g/mol. The zero-order valence-corrected chi connectivity index (χ0v) is 15.0. The average Bonchev–Trinajstić information content (AvgIpc) is 3.16. The predicted molar refractivity (Wildman–Crippen MR) is 96.6 cm³/mol. The minimum atomic E-state index is -0.0732. The summed E-state index contributed by atoms with van der Waals surface area (Å²) in [6, 6.07) is 7.35. The summed E-state index contributed by atoms with van der Waals surface area (Å²) in [5, 5.41) is 3.08. The SMILES string of the molecule is C[C@H]1CCCC[C@H]1NC(=O)COc1ccc(C(=O)N2CCCC2)cc1. The molecule has 1 saturated carbocycles. The van der Waals surface area contributed by atoms with Gasteiger partial charge in [-0.1, -0.05) is 19.8 Å². The molecule has 5 nitrogen and oxygen atoms in total. The van der Waals surface area contributed by atoms with E-state index in [4.69, 9.17) is 4.74 Å². The van der Waals surface area contributed by atoms with Crippen LogP contribution >= 0.6 is 0 Å². The van der Waals surface area contributed by atoms with Crippen molar-refractivity contribution in [3.63, 3.8) is 0 Å². The van der Waals surface area contributed by atoms with Gasteiger partial charge in [-0.2, -0.15) is 0 Å². The van der Waals surface area contributed by atoms with Crippen molar-refractivity contribution in [3.8, 4) is 5.75 Å². The molecule has 1 heterocycles. The maximum atomic E-state index is 12.3. The minimum Gasteiger partial charge on any atom is -0.484 e. The lowest BCUT2D eigenvalue weighted by Gasteiger charge is -2.29. The van der Waals surface area contributed by atoms with Gasteiger partial charge in [-0.3, -0.25) is 9.59 Å². The summed E-state index contributed by atoms with van der Waals surface area (Å²) in [5.41, 5.74) is 0.676. The number of hydrogen-bond acceptors (Lipinski definition) is 3. The number of hydrogen-bond donors (Lipinski definition) is 1. The average molecular weight is 344 g/mol. The lowest BCUT2D eigenvalue weighted by molar-refractivity contribution is -0.124. The van der Waals surface area contributed by atoms with Crippen molar-refractivity contribution in [2.24, 2.45) is 5.92 Å². The normalized spacial score (nSPS) is 23.3. The molecule has 1 aliphatic carbocycles. The topological polar surface area (TPSA) is 58.6 Å². The number of nitrogens with zero attached hydrogens (tertiary/aromatic N) is 1. The Balaban J connectivity index is 1.46. The van der Waals surface area contributed by atoms with Crippen molar-refractivity contribution in [2.45, 2.75) is 51.5 Å². The lowest BCUT2D eigenvalue weighted by atomic mass is 9.86. The van der Waals surface area contributed by atoms with Crippen molar-refractivity contribution in [3.05, 3.63) is 29.8 Å². The Hall–Kier alpha value is -2.04. The van der Waals surface area contributed by atoms with Crippen LogP contribution in [0.5, 0.6) is 5.75 Å². The number of amides is 2. The highest BCUT2D eigenvalue weighted by Crippen LogP contribution is 2.23. The van der Waals surface area contributed by atoms with Crippen LogP contribution in [-0.4, -0.2) is 42.5 Å². The van der Waals surface area contributed by atoms with E-state index in [1.54, 1.807) is 24.3 Å². The number of rotatable bonds is 5. The van der Waals surface area contributed by atoms with E-state index in [0.29, 0.717) is 17.2 Å². The standard InChI is InChI=1S/C20H28N2O3/c1-15-6-2-3-7-18(15)21-19(23)14-25-17-10-8-16(9-11-17)20(24)22-12-4-5-13-22/h8-11,15,18H,2-7,12-14H2,1H3,(H,21,23)/t15-,18+/m0/s1. The number of carbonyl (C=O) groups excluding carboxylic acids is 2. The number of carbonyl (C=O) groups is 2. The first-order chi connectivity index (χ1) is 12.1. The van der Waals surface area contributed by atoms with E-state index in [2.05, 4.69) is 12.2 Å². The Bertz CT molecular complexity index is 593. The van der Waals surface area contributed by atoms with E-state index < -0.39 is 0 Å². The van der Waals surface area contributed by atoms with E-state index in [-0.39, 0.29) is 24.5 Å². The first-order valence-corrected chi connectivity index (χ1v) is 9.45. The van der Waals surface area contributed by atoms with E-state index >= 15 is 0 Å². The molecule has 0 unspecified atom stereocenters. The summed E-state index contributed by atoms with van der Waals surface area (Å²) in [4.78, 5) is 26.3. The van der Waals surface area contributed by atoms with Crippen LogP contribution in [0.3, 0.4) is 0 Å². The van der Waals surface area contributed by atoms with Gasteiger partial charge < -0.3 is 15.0 Å². The van der Waals surface area contributed by atoms with Crippen LogP contribution in [0.2, 0.25) is 0 Å². The Morgan fingerprint density at radius 1 is 1.08 bits per heavy atom. The van der Waals surface area contributed by atoms with Gasteiger partial charge >= 0.3 is 0 Å². The van der Waals surface area contributed by atoms with Gasteiger partial charge in [0.25, 0.3) is 11.8 Å². The summed E-state index contributed by atoms with van der Waals surface area (Å²) >= 11 is 0. The largest absolute Gasteiger partial charge is 0.484 e. The molecule has 2 aliphatic rings. The summed E-state index contributed by atoms with van der Waals surface area (Å²) in [7, 11) is 0. The first-order valence-electron chi connectivity index (χ1n) is 9.45. The van der Waals surface area contributed by atoms with Gasteiger partial charge in [-0.15, -0.1) is 0 Å².